The highest BCUT2D eigenvalue weighted by atomic mass is 19.1. The molecular formula is C11H12FN3O2. The van der Waals surface area contributed by atoms with Crippen molar-refractivity contribution in [2.24, 2.45) is 0 Å². The molecule has 0 aromatic carbocycles. The van der Waals surface area contributed by atoms with Crippen LogP contribution < -0.4 is 5.32 Å². The molecule has 17 heavy (non-hydrogen) atoms. The zero-order valence-electron chi connectivity index (χ0n) is 9.15. The largest absolute Gasteiger partial charge is 0.354 e. The number of rotatable bonds is 1. The second-order valence-corrected chi connectivity index (χ2v) is 3.73. The molecule has 1 fully saturated rings. The smallest absolute Gasteiger partial charge is 0.258 e. The third kappa shape index (κ3) is 2.58. The van der Waals surface area contributed by atoms with Crippen molar-refractivity contribution in [1.29, 1.82) is 0 Å². The van der Waals surface area contributed by atoms with Gasteiger partial charge in [0.25, 0.3) is 5.91 Å². The van der Waals surface area contributed by atoms with Crippen LogP contribution in [0.1, 0.15) is 16.8 Å². The van der Waals surface area contributed by atoms with Crippen LogP contribution in [0.5, 0.6) is 0 Å². The average Bonchev–Trinajstić information content (AvgIpc) is 2.54. The highest BCUT2D eigenvalue weighted by Gasteiger charge is 2.22. The summed E-state index contributed by atoms with van der Waals surface area (Å²) in [5.41, 5.74) is -0.0538. The second kappa shape index (κ2) is 4.90. The molecule has 2 amide bonds. The summed E-state index contributed by atoms with van der Waals surface area (Å²) >= 11 is 0. The molecule has 2 rings (SSSR count). The van der Waals surface area contributed by atoms with Crippen molar-refractivity contribution >= 4 is 11.8 Å². The Labute approximate surface area is 97.6 Å². The predicted molar refractivity (Wildman–Crippen MR) is 57.7 cm³/mol. The van der Waals surface area contributed by atoms with Gasteiger partial charge in [-0.2, -0.15) is 4.39 Å². The SMILES string of the molecule is O=C1CCN(C(=O)c2cccnc2F)CCN1. The molecule has 1 N–H and O–H groups in total. The van der Waals surface area contributed by atoms with Gasteiger partial charge in [0.2, 0.25) is 11.9 Å². The van der Waals surface area contributed by atoms with E-state index in [4.69, 9.17) is 0 Å². The van der Waals surface area contributed by atoms with Gasteiger partial charge < -0.3 is 10.2 Å². The molecule has 0 aliphatic carbocycles. The minimum Gasteiger partial charge on any atom is -0.354 e. The maximum Gasteiger partial charge on any atom is 0.258 e. The van der Waals surface area contributed by atoms with E-state index >= 15 is 0 Å². The van der Waals surface area contributed by atoms with Crippen molar-refractivity contribution in [2.45, 2.75) is 6.42 Å². The Bertz CT molecular complexity index is 450. The summed E-state index contributed by atoms with van der Waals surface area (Å²) in [6.07, 6.45) is 1.53. The fourth-order valence-corrected chi connectivity index (χ4v) is 1.69. The predicted octanol–water partition coefficient (Wildman–Crippen LogP) is 0.183. The average molecular weight is 237 g/mol. The Kier molecular flexibility index (Phi) is 3.32. The zero-order chi connectivity index (χ0) is 12.3. The highest BCUT2D eigenvalue weighted by Crippen LogP contribution is 2.09. The third-order valence-corrected chi connectivity index (χ3v) is 2.59. The van der Waals surface area contributed by atoms with Crippen molar-refractivity contribution < 1.29 is 14.0 Å². The van der Waals surface area contributed by atoms with Gasteiger partial charge in [-0.05, 0) is 12.1 Å². The number of amides is 2. The van der Waals surface area contributed by atoms with Gasteiger partial charge in [-0.1, -0.05) is 0 Å². The Hall–Kier alpha value is -1.98. The maximum absolute atomic E-state index is 13.3. The highest BCUT2D eigenvalue weighted by molar-refractivity contribution is 5.94. The summed E-state index contributed by atoms with van der Waals surface area (Å²) in [4.78, 5) is 28.0. The van der Waals surface area contributed by atoms with E-state index in [1.807, 2.05) is 0 Å². The van der Waals surface area contributed by atoms with Crippen molar-refractivity contribution in [3.8, 4) is 0 Å². The molecule has 0 saturated carbocycles. The molecular weight excluding hydrogens is 225 g/mol. The minimum atomic E-state index is -0.777. The van der Waals surface area contributed by atoms with E-state index in [0.29, 0.717) is 19.6 Å². The van der Waals surface area contributed by atoms with Crippen LogP contribution >= 0.6 is 0 Å². The molecule has 5 nitrogen and oxygen atoms in total. The number of carbonyl (C=O) groups excluding carboxylic acids is 2. The Morgan fingerprint density at radius 1 is 1.47 bits per heavy atom. The first-order valence-electron chi connectivity index (χ1n) is 5.35. The topological polar surface area (TPSA) is 62.3 Å². The molecule has 0 spiro atoms. The summed E-state index contributed by atoms with van der Waals surface area (Å²) < 4.78 is 13.3. The van der Waals surface area contributed by atoms with Crippen LogP contribution in [-0.2, 0) is 4.79 Å². The number of nitrogens with zero attached hydrogens (tertiary/aromatic N) is 2. The number of aromatic nitrogens is 1. The van der Waals surface area contributed by atoms with E-state index in [2.05, 4.69) is 10.3 Å². The van der Waals surface area contributed by atoms with E-state index < -0.39 is 11.9 Å². The number of hydrogen-bond acceptors (Lipinski definition) is 3. The van der Waals surface area contributed by atoms with Gasteiger partial charge in [0.05, 0.1) is 5.56 Å². The number of carbonyl (C=O) groups is 2. The van der Waals surface area contributed by atoms with Crippen molar-refractivity contribution in [1.82, 2.24) is 15.2 Å². The first-order chi connectivity index (χ1) is 8.18. The maximum atomic E-state index is 13.3. The summed E-state index contributed by atoms with van der Waals surface area (Å²) in [5.74, 6) is -1.29. The quantitative estimate of drug-likeness (QED) is 0.709. The van der Waals surface area contributed by atoms with E-state index in [1.165, 1.54) is 23.2 Å². The molecule has 1 aliphatic heterocycles. The van der Waals surface area contributed by atoms with Crippen LogP contribution in [0.2, 0.25) is 0 Å². The molecule has 1 aliphatic rings. The summed E-state index contributed by atoms with van der Waals surface area (Å²) in [6, 6.07) is 2.91. The Balaban J connectivity index is 2.14. The summed E-state index contributed by atoms with van der Waals surface area (Å²) in [6.45, 7) is 1.09. The normalized spacial score (nSPS) is 16.3. The molecule has 1 saturated heterocycles. The number of nitrogens with one attached hydrogen (secondary N) is 1. The molecule has 0 unspecified atom stereocenters. The standard InChI is InChI=1S/C11H12FN3O2/c12-10-8(2-1-4-14-10)11(17)15-6-3-9(16)13-5-7-15/h1-2,4H,3,5-7H2,(H,13,16). The van der Waals surface area contributed by atoms with Gasteiger partial charge >= 0.3 is 0 Å². The van der Waals surface area contributed by atoms with Crippen LogP contribution in [0.3, 0.4) is 0 Å². The fraction of sp³-hybridized carbons (Fsp3) is 0.364. The van der Waals surface area contributed by atoms with Crippen molar-refractivity contribution in [3.63, 3.8) is 0 Å². The van der Waals surface area contributed by atoms with E-state index in [1.54, 1.807) is 0 Å². The van der Waals surface area contributed by atoms with Crippen LogP contribution in [0.15, 0.2) is 18.3 Å². The van der Waals surface area contributed by atoms with E-state index in [-0.39, 0.29) is 17.9 Å². The molecule has 0 atom stereocenters. The number of pyridine rings is 1. The molecule has 0 bridgehead atoms. The first-order valence-corrected chi connectivity index (χ1v) is 5.35. The molecule has 1 aromatic heterocycles. The summed E-state index contributed by atoms with van der Waals surface area (Å²) in [7, 11) is 0. The lowest BCUT2D eigenvalue weighted by Crippen LogP contribution is -2.34. The molecule has 90 valence electrons. The van der Waals surface area contributed by atoms with Gasteiger partial charge in [0.15, 0.2) is 0 Å². The minimum absolute atomic E-state index is 0.0538. The second-order valence-electron chi connectivity index (χ2n) is 3.73. The monoisotopic (exact) mass is 237 g/mol. The zero-order valence-corrected chi connectivity index (χ0v) is 9.15. The number of hydrogen-bond donors (Lipinski definition) is 1. The Morgan fingerprint density at radius 3 is 3.06 bits per heavy atom. The number of halogens is 1. The van der Waals surface area contributed by atoms with E-state index in [0.717, 1.165) is 0 Å². The van der Waals surface area contributed by atoms with Gasteiger partial charge in [0.1, 0.15) is 0 Å². The molecule has 6 heteroatoms. The van der Waals surface area contributed by atoms with Gasteiger partial charge in [-0.15, -0.1) is 0 Å². The lowest BCUT2D eigenvalue weighted by Gasteiger charge is -2.19. The molecule has 0 radical (unpaired) electrons. The van der Waals surface area contributed by atoms with Gasteiger partial charge in [-0.25, -0.2) is 4.98 Å². The first kappa shape index (κ1) is 11.5. The van der Waals surface area contributed by atoms with E-state index in [9.17, 15) is 14.0 Å². The van der Waals surface area contributed by atoms with Crippen LogP contribution in [0, 0.1) is 5.95 Å². The lowest BCUT2D eigenvalue weighted by atomic mass is 10.2. The summed E-state index contributed by atoms with van der Waals surface area (Å²) in [5, 5.41) is 2.65. The Morgan fingerprint density at radius 2 is 2.29 bits per heavy atom. The third-order valence-electron chi connectivity index (χ3n) is 2.59. The van der Waals surface area contributed by atoms with Crippen LogP contribution in [0.25, 0.3) is 0 Å². The van der Waals surface area contributed by atoms with Crippen molar-refractivity contribution in [2.75, 3.05) is 19.6 Å². The van der Waals surface area contributed by atoms with Gasteiger partial charge in [-0.3, -0.25) is 9.59 Å². The van der Waals surface area contributed by atoms with Crippen molar-refractivity contribution in [3.05, 3.63) is 29.8 Å². The molecule has 1 aromatic rings. The van der Waals surface area contributed by atoms with Crippen LogP contribution in [0.4, 0.5) is 4.39 Å². The lowest BCUT2D eigenvalue weighted by molar-refractivity contribution is -0.120. The molecule has 2 heterocycles. The fourth-order valence-electron chi connectivity index (χ4n) is 1.69. The van der Waals surface area contributed by atoms with Crippen LogP contribution in [-0.4, -0.2) is 41.3 Å². The van der Waals surface area contributed by atoms with Gasteiger partial charge in [0, 0.05) is 32.3 Å².